The number of hydrogen-bond acceptors (Lipinski definition) is 2. The van der Waals surface area contributed by atoms with E-state index in [2.05, 4.69) is 12.6 Å². The predicted molar refractivity (Wildman–Crippen MR) is 50.0 cm³/mol. The van der Waals surface area contributed by atoms with Gasteiger partial charge in [-0.3, -0.25) is 0 Å². The van der Waals surface area contributed by atoms with Crippen molar-refractivity contribution in [3.05, 3.63) is 29.3 Å². The summed E-state index contributed by atoms with van der Waals surface area (Å²) in [5.41, 5.74) is 1.15. The van der Waals surface area contributed by atoms with E-state index in [1.165, 1.54) is 0 Å². The molecule has 0 aliphatic heterocycles. The maximum absolute atomic E-state index is 10.8. The highest BCUT2D eigenvalue weighted by Gasteiger charge is 2.11. The lowest BCUT2D eigenvalue weighted by molar-refractivity contribution is 0.0692. The van der Waals surface area contributed by atoms with Gasteiger partial charge in [0.05, 0.1) is 5.56 Å². The molecule has 12 heavy (non-hydrogen) atoms. The molecule has 3 heteroatoms. The summed E-state index contributed by atoms with van der Waals surface area (Å²) in [5, 5.41) is 8.83. The van der Waals surface area contributed by atoms with Gasteiger partial charge in [0.25, 0.3) is 0 Å². The third-order valence-corrected chi connectivity index (χ3v) is 2.10. The van der Waals surface area contributed by atoms with Gasteiger partial charge < -0.3 is 5.11 Å². The van der Waals surface area contributed by atoms with E-state index in [-0.39, 0.29) is 0 Å². The van der Waals surface area contributed by atoms with Crippen LogP contribution in [0.3, 0.4) is 0 Å². The number of benzene rings is 1. The van der Waals surface area contributed by atoms with Crippen molar-refractivity contribution in [3.8, 4) is 0 Å². The summed E-state index contributed by atoms with van der Waals surface area (Å²) in [6.07, 6.45) is 0.718. The van der Waals surface area contributed by atoms with Crippen LogP contribution in [0.1, 0.15) is 22.8 Å². The second-order valence-electron chi connectivity index (χ2n) is 2.47. The van der Waals surface area contributed by atoms with Crippen LogP contribution in [0.15, 0.2) is 23.1 Å². The topological polar surface area (TPSA) is 37.3 Å². The first kappa shape index (κ1) is 9.13. The van der Waals surface area contributed by atoms with Crippen LogP contribution in [0, 0.1) is 0 Å². The van der Waals surface area contributed by atoms with Crippen LogP contribution < -0.4 is 0 Å². The molecule has 0 aromatic heterocycles. The Kier molecular flexibility index (Phi) is 2.76. The molecule has 0 saturated carbocycles. The van der Waals surface area contributed by atoms with Gasteiger partial charge in [-0.1, -0.05) is 19.1 Å². The Hall–Kier alpha value is -0.960. The summed E-state index contributed by atoms with van der Waals surface area (Å²) in [6, 6.07) is 5.31. The summed E-state index contributed by atoms with van der Waals surface area (Å²) >= 11 is 4.08. The first-order chi connectivity index (χ1) is 5.66. The molecule has 0 radical (unpaired) electrons. The normalized spacial score (nSPS) is 9.83. The van der Waals surface area contributed by atoms with Crippen molar-refractivity contribution in [1.82, 2.24) is 0 Å². The second kappa shape index (κ2) is 3.63. The fourth-order valence-corrected chi connectivity index (χ4v) is 1.45. The molecule has 0 aliphatic rings. The fraction of sp³-hybridized carbons (Fsp3) is 0.222. The van der Waals surface area contributed by atoms with Gasteiger partial charge >= 0.3 is 5.97 Å². The van der Waals surface area contributed by atoms with Crippen LogP contribution in [0.5, 0.6) is 0 Å². The van der Waals surface area contributed by atoms with Crippen LogP contribution in [0.2, 0.25) is 0 Å². The molecule has 1 aromatic carbocycles. The Morgan fingerprint density at radius 1 is 1.58 bits per heavy atom. The molecule has 0 bridgehead atoms. The minimum Gasteiger partial charge on any atom is -0.478 e. The van der Waals surface area contributed by atoms with Gasteiger partial charge in [0, 0.05) is 4.90 Å². The molecule has 0 atom stereocenters. The van der Waals surface area contributed by atoms with Crippen LogP contribution in [0.4, 0.5) is 0 Å². The highest BCUT2D eigenvalue weighted by molar-refractivity contribution is 7.80. The Balaban J connectivity index is 3.29. The summed E-state index contributed by atoms with van der Waals surface area (Å²) < 4.78 is 0. The quantitative estimate of drug-likeness (QED) is 0.688. The molecule has 0 unspecified atom stereocenters. The van der Waals surface area contributed by atoms with Gasteiger partial charge in [0.2, 0.25) is 0 Å². The average Bonchev–Trinajstić information content (AvgIpc) is 2.03. The van der Waals surface area contributed by atoms with E-state index in [9.17, 15) is 4.79 Å². The standard InChI is InChI=1S/C9H10O2S/c1-2-6-4-3-5-7(12)8(6)9(10)11/h3-5,12H,2H2,1H3,(H,10,11). The number of carboxylic acids is 1. The zero-order valence-electron chi connectivity index (χ0n) is 6.74. The molecule has 0 spiro atoms. The molecule has 1 N–H and O–H groups in total. The molecule has 0 fully saturated rings. The van der Waals surface area contributed by atoms with Crippen LogP contribution in [-0.2, 0) is 6.42 Å². The maximum Gasteiger partial charge on any atom is 0.337 e. The Labute approximate surface area is 76.6 Å². The largest absolute Gasteiger partial charge is 0.478 e. The summed E-state index contributed by atoms with van der Waals surface area (Å²) in [7, 11) is 0. The molecule has 0 saturated heterocycles. The summed E-state index contributed by atoms with van der Waals surface area (Å²) in [6.45, 7) is 1.93. The first-order valence-electron chi connectivity index (χ1n) is 3.71. The highest BCUT2D eigenvalue weighted by atomic mass is 32.1. The highest BCUT2D eigenvalue weighted by Crippen LogP contribution is 2.18. The van der Waals surface area contributed by atoms with Crippen molar-refractivity contribution in [3.63, 3.8) is 0 Å². The fourth-order valence-electron chi connectivity index (χ4n) is 1.13. The minimum atomic E-state index is -0.905. The van der Waals surface area contributed by atoms with E-state index in [1.54, 1.807) is 6.07 Å². The zero-order valence-corrected chi connectivity index (χ0v) is 7.64. The number of aryl methyl sites for hydroxylation is 1. The van der Waals surface area contributed by atoms with Crippen molar-refractivity contribution in [2.75, 3.05) is 0 Å². The molecular formula is C9H10O2S. The number of carboxylic acid groups (broad SMARTS) is 1. The van der Waals surface area contributed by atoms with Crippen molar-refractivity contribution < 1.29 is 9.90 Å². The average molecular weight is 182 g/mol. The van der Waals surface area contributed by atoms with Gasteiger partial charge in [-0.15, -0.1) is 12.6 Å². The van der Waals surface area contributed by atoms with Gasteiger partial charge in [0.1, 0.15) is 0 Å². The first-order valence-corrected chi connectivity index (χ1v) is 4.15. The number of aromatic carboxylic acids is 1. The van der Waals surface area contributed by atoms with Crippen molar-refractivity contribution in [1.29, 1.82) is 0 Å². The molecule has 0 amide bonds. The van der Waals surface area contributed by atoms with Crippen LogP contribution in [-0.4, -0.2) is 11.1 Å². The smallest absolute Gasteiger partial charge is 0.337 e. The zero-order chi connectivity index (χ0) is 9.14. The number of carbonyl (C=O) groups is 1. The molecule has 1 rings (SSSR count). The third kappa shape index (κ3) is 1.61. The lowest BCUT2D eigenvalue weighted by atomic mass is 10.1. The molecule has 64 valence electrons. The van der Waals surface area contributed by atoms with E-state index in [0.717, 1.165) is 12.0 Å². The number of hydrogen-bond donors (Lipinski definition) is 2. The molecule has 2 nitrogen and oxygen atoms in total. The minimum absolute atomic E-state index is 0.323. The van der Waals surface area contributed by atoms with Crippen molar-refractivity contribution in [2.24, 2.45) is 0 Å². The second-order valence-corrected chi connectivity index (χ2v) is 2.95. The van der Waals surface area contributed by atoms with Gasteiger partial charge in [-0.25, -0.2) is 4.79 Å². The van der Waals surface area contributed by atoms with Crippen molar-refractivity contribution in [2.45, 2.75) is 18.2 Å². The molecule has 0 aliphatic carbocycles. The Bertz CT molecular complexity index is 307. The van der Waals surface area contributed by atoms with E-state index >= 15 is 0 Å². The van der Waals surface area contributed by atoms with Crippen LogP contribution >= 0.6 is 12.6 Å². The van der Waals surface area contributed by atoms with E-state index in [1.807, 2.05) is 19.1 Å². The predicted octanol–water partition coefficient (Wildman–Crippen LogP) is 2.24. The third-order valence-electron chi connectivity index (χ3n) is 1.72. The summed E-state index contributed by atoms with van der Waals surface area (Å²) in [5.74, 6) is -0.905. The Morgan fingerprint density at radius 3 is 2.67 bits per heavy atom. The lowest BCUT2D eigenvalue weighted by Crippen LogP contribution is -2.02. The monoisotopic (exact) mass is 182 g/mol. The lowest BCUT2D eigenvalue weighted by Gasteiger charge is -2.04. The number of thiol groups is 1. The maximum atomic E-state index is 10.8. The van der Waals surface area contributed by atoms with E-state index in [4.69, 9.17) is 5.11 Å². The summed E-state index contributed by atoms with van der Waals surface area (Å²) in [4.78, 5) is 11.3. The Morgan fingerprint density at radius 2 is 2.25 bits per heavy atom. The van der Waals surface area contributed by atoms with E-state index in [0.29, 0.717) is 10.5 Å². The van der Waals surface area contributed by atoms with E-state index < -0.39 is 5.97 Å². The van der Waals surface area contributed by atoms with Gasteiger partial charge in [-0.05, 0) is 18.1 Å². The SMILES string of the molecule is CCc1cccc(S)c1C(=O)O. The molecular weight excluding hydrogens is 172 g/mol. The molecule has 1 aromatic rings. The van der Waals surface area contributed by atoms with Crippen molar-refractivity contribution >= 4 is 18.6 Å². The van der Waals surface area contributed by atoms with Gasteiger partial charge in [0.15, 0.2) is 0 Å². The van der Waals surface area contributed by atoms with Crippen LogP contribution in [0.25, 0.3) is 0 Å². The molecule has 0 heterocycles. The van der Waals surface area contributed by atoms with Gasteiger partial charge in [-0.2, -0.15) is 0 Å². The number of rotatable bonds is 2.